The van der Waals surface area contributed by atoms with Crippen LogP contribution in [0.15, 0.2) is 12.1 Å². The van der Waals surface area contributed by atoms with Gasteiger partial charge in [-0.25, -0.2) is 0 Å². The number of Topliss-reactive ketones (excluding diaryl/α,β-unsaturated/α-hetero) is 1. The van der Waals surface area contributed by atoms with Gasteiger partial charge in [-0.05, 0) is 31.4 Å². The van der Waals surface area contributed by atoms with Crippen molar-refractivity contribution in [3.63, 3.8) is 0 Å². The summed E-state index contributed by atoms with van der Waals surface area (Å²) in [6.45, 7) is 1.42. The Morgan fingerprint density at radius 3 is 2.33 bits per heavy atom. The number of hydrogen-bond acceptors (Lipinski definition) is 3. The van der Waals surface area contributed by atoms with Crippen LogP contribution in [0.3, 0.4) is 0 Å². The lowest BCUT2D eigenvalue weighted by molar-refractivity contribution is -0.137. The molecule has 0 atom stereocenters. The average Bonchev–Trinajstić information content (AvgIpc) is 2.74. The second-order valence-corrected chi connectivity index (χ2v) is 5.21. The van der Waals surface area contributed by atoms with Gasteiger partial charge in [-0.15, -0.1) is 0 Å². The number of fused-ring (bicyclic) bond motifs is 1. The van der Waals surface area contributed by atoms with Crippen molar-refractivity contribution in [2.75, 3.05) is 23.3 Å². The number of anilines is 2. The van der Waals surface area contributed by atoms with Gasteiger partial charge in [0.1, 0.15) is 0 Å². The van der Waals surface area contributed by atoms with Gasteiger partial charge in [-0.3, -0.25) is 9.59 Å². The minimum atomic E-state index is -4.66. The number of alkyl halides is 3. The smallest absolute Gasteiger partial charge is 0.370 e. The molecule has 112 valence electrons. The number of piperidine rings is 1. The molecule has 0 radical (unpaired) electrons. The topological polar surface area (TPSA) is 49.4 Å². The number of amides is 1. The first kappa shape index (κ1) is 13.9. The molecule has 4 nitrogen and oxygen atoms in total. The van der Waals surface area contributed by atoms with E-state index in [1.165, 1.54) is 6.07 Å². The van der Waals surface area contributed by atoms with Crippen molar-refractivity contribution in [2.24, 2.45) is 0 Å². The minimum absolute atomic E-state index is 0.00160. The Kier molecular flexibility index (Phi) is 3.15. The highest BCUT2D eigenvalue weighted by Gasteiger charge is 2.42. The predicted octanol–water partition coefficient (Wildman–Crippen LogP) is 2.83. The van der Waals surface area contributed by atoms with Gasteiger partial charge in [0, 0.05) is 13.1 Å². The first-order chi connectivity index (χ1) is 9.89. The van der Waals surface area contributed by atoms with E-state index in [-0.39, 0.29) is 5.69 Å². The van der Waals surface area contributed by atoms with Crippen LogP contribution in [0.2, 0.25) is 0 Å². The van der Waals surface area contributed by atoms with E-state index in [9.17, 15) is 22.8 Å². The summed E-state index contributed by atoms with van der Waals surface area (Å²) < 4.78 is 39.0. The van der Waals surface area contributed by atoms with Crippen LogP contribution in [0.25, 0.3) is 0 Å². The lowest BCUT2D eigenvalue weighted by atomic mass is 10.0. The zero-order chi connectivity index (χ0) is 15.2. The summed E-state index contributed by atoms with van der Waals surface area (Å²) >= 11 is 0. The Morgan fingerprint density at radius 1 is 1.05 bits per heavy atom. The molecule has 1 amide bonds. The summed E-state index contributed by atoms with van der Waals surface area (Å²) in [5.41, 5.74) is -1.10. The van der Waals surface area contributed by atoms with Crippen LogP contribution in [-0.2, 0) is 11.0 Å². The standard InChI is InChI=1S/C14H13F3N2O2/c15-14(16,17)8-4-5-9(19-6-2-1-3-7-19)11-10(8)12(20)13(21)18-11/h4-5H,1-3,6-7H2,(H,18,20,21). The fraction of sp³-hybridized carbons (Fsp3) is 0.429. The van der Waals surface area contributed by atoms with Gasteiger partial charge >= 0.3 is 6.18 Å². The molecule has 3 rings (SSSR count). The van der Waals surface area contributed by atoms with E-state index in [4.69, 9.17) is 0 Å². The summed E-state index contributed by atoms with van der Waals surface area (Å²) in [7, 11) is 0. The number of halogens is 3. The highest BCUT2D eigenvalue weighted by Crippen LogP contribution is 2.43. The van der Waals surface area contributed by atoms with Crippen LogP contribution < -0.4 is 10.2 Å². The van der Waals surface area contributed by atoms with Crippen LogP contribution >= 0.6 is 0 Å². The molecule has 2 aliphatic heterocycles. The number of nitrogens with zero attached hydrogens (tertiary/aromatic N) is 1. The van der Waals surface area contributed by atoms with Crippen LogP contribution in [0.5, 0.6) is 0 Å². The molecule has 0 aromatic heterocycles. The maximum atomic E-state index is 13.0. The Hall–Kier alpha value is -2.05. The third-order valence-electron chi connectivity index (χ3n) is 3.86. The fourth-order valence-electron chi connectivity index (χ4n) is 2.87. The summed E-state index contributed by atoms with van der Waals surface area (Å²) in [6, 6.07) is 2.23. The molecular weight excluding hydrogens is 285 g/mol. The third kappa shape index (κ3) is 2.26. The number of rotatable bonds is 1. The number of carbonyl (C=O) groups is 2. The Labute approximate surface area is 118 Å². The van der Waals surface area contributed by atoms with Crippen LogP contribution in [0.4, 0.5) is 24.5 Å². The maximum absolute atomic E-state index is 13.0. The van der Waals surface area contributed by atoms with Crippen molar-refractivity contribution in [3.05, 3.63) is 23.3 Å². The summed E-state index contributed by atoms with van der Waals surface area (Å²) in [4.78, 5) is 25.2. The molecule has 0 saturated carbocycles. The summed E-state index contributed by atoms with van der Waals surface area (Å²) in [6.07, 6.45) is -1.70. The molecule has 0 spiro atoms. The quantitative estimate of drug-likeness (QED) is 0.811. The van der Waals surface area contributed by atoms with Crippen molar-refractivity contribution in [2.45, 2.75) is 25.4 Å². The van der Waals surface area contributed by atoms with Crippen molar-refractivity contribution >= 4 is 23.1 Å². The first-order valence-corrected chi connectivity index (χ1v) is 6.74. The molecule has 1 aromatic rings. The monoisotopic (exact) mass is 298 g/mol. The Balaban J connectivity index is 2.13. The molecule has 2 aliphatic rings. The number of benzene rings is 1. The van der Waals surface area contributed by atoms with E-state index in [0.717, 1.165) is 25.3 Å². The molecule has 1 fully saturated rings. The lowest BCUT2D eigenvalue weighted by Gasteiger charge is -2.30. The average molecular weight is 298 g/mol. The van der Waals surface area contributed by atoms with E-state index in [0.29, 0.717) is 18.8 Å². The normalized spacial score (nSPS) is 18.7. The second-order valence-electron chi connectivity index (χ2n) is 5.21. The zero-order valence-corrected chi connectivity index (χ0v) is 11.1. The number of ketones is 1. The van der Waals surface area contributed by atoms with Gasteiger partial charge in [0.15, 0.2) is 0 Å². The molecule has 1 aromatic carbocycles. The molecule has 7 heteroatoms. The van der Waals surface area contributed by atoms with E-state index in [2.05, 4.69) is 5.32 Å². The fourth-order valence-corrected chi connectivity index (χ4v) is 2.87. The van der Waals surface area contributed by atoms with E-state index >= 15 is 0 Å². The Bertz CT molecular complexity index is 619. The summed E-state index contributed by atoms with van der Waals surface area (Å²) in [5.74, 6) is -2.11. The molecule has 0 aliphatic carbocycles. The van der Waals surface area contributed by atoms with Crippen LogP contribution in [0.1, 0.15) is 35.2 Å². The van der Waals surface area contributed by atoms with Crippen molar-refractivity contribution < 1.29 is 22.8 Å². The second kappa shape index (κ2) is 4.75. The molecule has 1 saturated heterocycles. The van der Waals surface area contributed by atoms with Crippen molar-refractivity contribution in [1.82, 2.24) is 0 Å². The van der Waals surface area contributed by atoms with Crippen LogP contribution in [-0.4, -0.2) is 24.8 Å². The van der Waals surface area contributed by atoms with E-state index in [1.54, 1.807) is 0 Å². The van der Waals surface area contributed by atoms with Gasteiger partial charge in [0.25, 0.3) is 11.7 Å². The zero-order valence-electron chi connectivity index (χ0n) is 11.1. The predicted molar refractivity (Wildman–Crippen MR) is 70.5 cm³/mol. The van der Waals surface area contributed by atoms with Gasteiger partial charge in [-0.2, -0.15) is 13.2 Å². The lowest BCUT2D eigenvalue weighted by Crippen LogP contribution is -2.30. The van der Waals surface area contributed by atoms with E-state index in [1.807, 2.05) is 4.90 Å². The molecule has 0 bridgehead atoms. The molecular formula is C14H13F3N2O2. The highest BCUT2D eigenvalue weighted by molar-refractivity contribution is 6.52. The van der Waals surface area contributed by atoms with Crippen LogP contribution in [0, 0.1) is 0 Å². The first-order valence-electron chi connectivity index (χ1n) is 6.74. The van der Waals surface area contributed by atoms with Gasteiger partial charge in [0.05, 0.1) is 22.5 Å². The minimum Gasteiger partial charge on any atom is -0.370 e. The van der Waals surface area contributed by atoms with E-state index < -0.39 is 29.0 Å². The van der Waals surface area contributed by atoms with Crippen molar-refractivity contribution in [1.29, 1.82) is 0 Å². The van der Waals surface area contributed by atoms with Crippen molar-refractivity contribution in [3.8, 4) is 0 Å². The molecule has 0 unspecified atom stereocenters. The molecule has 2 heterocycles. The van der Waals surface area contributed by atoms with Gasteiger partial charge in [-0.1, -0.05) is 0 Å². The van der Waals surface area contributed by atoms with Gasteiger partial charge < -0.3 is 10.2 Å². The molecule has 1 N–H and O–H groups in total. The number of nitrogens with one attached hydrogen (secondary N) is 1. The third-order valence-corrected chi connectivity index (χ3v) is 3.86. The Morgan fingerprint density at radius 2 is 1.71 bits per heavy atom. The largest absolute Gasteiger partial charge is 0.417 e. The molecule has 21 heavy (non-hydrogen) atoms. The highest BCUT2D eigenvalue weighted by atomic mass is 19.4. The summed E-state index contributed by atoms with van der Waals surface area (Å²) in [5, 5.41) is 2.30. The number of hydrogen-bond donors (Lipinski definition) is 1. The maximum Gasteiger partial charge on any atom is 0.417 e. The number of carbonyl (C=O) groups excluding carboxylic acids is 2. The van der Waals surface area contributed by atoms with Gasteiger partial charge in [0.2, 0.25) is 0 Å². The SMILES string of the molecule is O=C1Nc2c(N3CCCCC3)ccc(C(F)(F)F)c2C1=O.